The molecule has 10 nitrogen and oxygen atoms in total. The van der Waals surface area contributed by atoms with E-state index in [0.717, 1.165) is 17.7 Å². The van der Waals surface area contributed by atoms with Crippen molar-refractivity contribution in [2.75, 3.05) is 40.0 Å². The first kappa shape index (κ1) is 22.8. The van der Waals surface area contributed by atoms with Crippen molar-refractivity contribution in [1.29, 1.82) is 0 Å². The zero-order chi connectivity index (χ0) is 22.8. The fourth-order valence-corrected chi connectivity index (χ4v) is 3.82. The van der Waals surface area contributed by atoms with Crippen LogP contribution in [0.5, 0.6) is 5.75 Å². The number of nitrogens with zero attached hydrogens (tertiary/aromatic N) is 3. The maximum Gasteiger partial charge on any atom is 0.337 e. The van der Waals surface area contributed by atoms with Crippen molar-refractivity contribution in [3.8, 4) is 5.75 Å². The van der Waals surface area contributed by atoms with Gasteiger partial charge in [0.15, 0.2) is 0 Å². The highest BCUT2D eigenvalue weighted by atomic mass is 16.5. The second-order valence-electron chi connectivity index (χ2n) is 8.70. The molecule has 31 heavy (non-hydrogen) atoms. The quantitative estimate of drug-likeness (QED) is 0.688. The van der Waals surface area contributed by atoms with Crippen LogP contribution in [0.4, 0.5) is 4.79 Å². The van der Waals surface area contributed by atoms with E-state index in [1.54, 1.807) is 43.5 Å². The summed E-state index contributed by atoms with van der Waals surface area (Å²) >= 11 is 0. The van der Waals surface area contributed by atoms with Gasteiger partial charge in [0.1, 0.15) is 17.3 Å². The predicted octanol–water partition coefficient (Wildman–Crippen LogP) is 0.602. The molecule has 2 amide bonds. The molecule has 0 spiro atoms. The van der Waals surface area contributed by atoms with Crippen molar-refractivity contribution in [2.45, 2.75) is 33.4 Å². The highest BCUT2D eigenvalue weighted by Crippen LogP contribution is 2.25. The summed E-state index contributed by atoms with van der Waals surface area (Å²) in [6.07, 6.45) is 0. The van der Waals surface area contributed by atoms with Gasteiger partial charge < -0.3 is 20.5 Å². The molecule has 1 fully saturated rings. The van der Waals surface area contributed by atoms with Crippen LogP contribution in [0.15, 0.2) is 23.0 Å². The first-order chi connectivity index (χ1) is 14.6. The first-order valence-corrected chi connectivity index (χ1v) is 10.3. The summed E-state index contributed by atoms with van der Waals surface area (Å²) in [6.45, 7) is 9.28. The molecule has 1 aliphatic rings. The lowest BCUT2D eigenvalue weighted by molar-refractivity contribution is -0.122. The molecule has 0 saturated carbocycles. The minimum atomic E-state index is -0.941. The van der Waals surface area contributed by atoms with Gasteiger partial charge in [-0.05, 0) is 17.5 Å². The normalized spacial score (nSPS) is 16.3. The number of aromatic nitrogens is 2. The Morgan fingerprint density at radius 1 is 1.23 bits per heavy atom. The number of hydrogen-bond donors (Lipinski definition) is 2. The fourth-order valence-electron chi connectivity index (χ4n) is 3.82. The summed E-state index contributed by atoms with van der Waals surface area (Å²) in [5.41, 5.74) is 5.32. The Balaban J connectivity index is 2.01. The number of para-hydroxylation sites is 1. The highest BCUT2D eigenvalue weighted by Gasteiger charge is 2.33. The Bertz CT molecular complexity index is 1010. The number of imidazole rings is 1. The average molecular weight is 434 g/mol. The average Bonchev–Trinajstić information content (AvgIpc) is 3.01. The minimum absolute atomic E-state index is 0.383. The van der Waals surface area contributed by atoms with E-state index in [2.05, 4.69) is 10.2 Å². The van der Waals surface area contributed by atoms with Crippen LogP contribution in [0, 0.1) is 5.41 Å². The van der Waals surface area contributed by atoms with Gasteiger partial charge in [0, 0.05) is 26.2 Å². The molecule has 1 atom stereocenters. The molecule has 0 aliphatic carbocycles. The Labute approximate surface area is 180 Å². The van der Waals surface area contributed by atoms with E-state index in [0.29, 0.717) is 43.1 Å². The van der Waals surface area contributed by atoms with Crippen LogP contribution in [0.3, 0.4) is 0 Å². The summed E-state index contributed by atoms with van der Waals surface area (Å²) in [5, 5.41) is 2.63. The van der Waals surface area contributed by atoms with E-state index >= 15 is 0 Å². The van der Waals surface area contributed by atoms with Gasteiger partial charge in [-0.15, -0.1) is 0 Å². The van der Waals surface area contributed by atoms with Gasteiger partial charge in [0.05, 0.1) is 25.8 Å². The van der Waals surface area contributed by atoms with Crippen LogP contribution in [-0.4, -0.2) is 72.0 Å². The molecule has 1 aromatic carbocycles. The van der Waals surface area contributed by atoms with Crippen molar-refractivity contribution >= 4 is 23.0 Å². The van der Waals surface area contributed by atoms with E-state index in [4.69, 9.17) is 15.2 Å². The molecule has 0 bridgehead atoms. The number of ether oxygens (including phenoxy) is 2. The molecule has 1 saturated heterocycles. The molecule has 2 heterocycles. The van der Waals surface area contributed by atoms with E-state index in [9.17, 15) is 14.4 Å². The SMILES string of the molecule is COc1cccc2c1n(CCN1CCOCC1)c(=O)n2C(=O)N[C@H](C(N)=O)C(C)(C)C. The molecule has 0 unspecified atom stereocenters. The molecular weight excluding hydrogens is 402 g/mol. The number of amides is 2. The number of morpholine rings is 1. The second-order valence-corrected chi connectivity index (χ2v) is 8.70. The van der Waals surface area contributed by atoms with E-state index < -0.39 is 29.1 Å². The van der Waals surface area contributed by atoms with Crippen LogP contribution in [0.1, 0.15) is 20.8 Å². The number of primary amides is 1. The number of hydrogen-bond acceptors (Lipinski definition) is 6. The maximum absolute atomic E-state index is 13.3. The van der Waals surface area contributed by atoms with Gasteiger partial charge in [-0.1, -0.05) is 26.8 Å². The highest BCUT2D eigenvalue weighted by molar-refractivity contribution is 5.94. The number of fused-ring (bicyclic) bond motifs is 1. The number of rotatable bonds is 6. The third-order valence-corrected chi connectivity index (χ3v) is 5.50. The number of nitrogens with two attached hydrogens (primary N) is 1. The Morgan fingerprint density at radius 2 is 1.90 bits per heavy atom. The van der Waals surface area contributed by atoms with Gasteiger partial charge in [-0.2, -0.15) is 0 Å². The van der Waals surface area contributed by atoms with Crippen LogP contribution >= 0.6 is 0 Å². The summed E-state index contributed by atoms with van der Waals surface area (Å²) in [6, 6.07) is 3.50. The van der Waals surface area contributed by atoms with Gasteiger partial charge in [0.25, 0.3) is 0 Å². The third kappa shape index (κ3) is 4.75. The number of carbonyl (C=O) groups excluding carboxylic acids is 2. The second kappa shape index (κ2) is 9.11. The zero-order valence-electron chi connectivity index (χ0n) is 18.5. The minimum Gasteiger partial charge on any atom is -0.494 e. The third-order valence-electron chi connectivity index (χ3n) is 5.50. The molecule has 10 heteroatoms. The summed E-state index contributed by atoms with van der Waals surface area (Å²) < 4.78 is 13.4. The molecule has 1 aromatic heterocycles. The van der Waals surface area contributed by atoms with Gasteiger partial charge >= 0.3 is 11.7 Å². The number of carbonyl (C=O) groups is 2. The lowest BCUT2D eigenvalue weighted by Crippen LogP contribution is -2.54. The molecule has 3 rings (SSSR count). The smallest absolute Gasteiger partial charge is 0.337 e. The first-order valence-electron chi connectivity index (χ1n) is 10.3. The molecule has 3 N–H and O–H groups in total. The van der Waals surface area contributed by atoms with Gasteiger partial charge in [-0.3, -0.25) is 14.3 Å². The lowest BCUT2D eigenvalue weighted by Gasteiger charge is -2.28. The maximum atomic E-state index is 13.3. The van der Waals surface area contributed by atoms with Crippen molar-refractivity contribution in [2.24, 2.45) is 11.1 Å². The lowest BCUT2D eigenvalue weighted by atomic mass is 9.86. The standard InChI is InChI=1S/C21H31N5O5/c1-21(2,3)17(18(22)27)23-19(28)26-14-6-5-7-15(30-4)16(14)25(20(26)29)9-8-24-10-12-31-13-11-24/h5-7,17H,8-13H2,1-4H3,(H2,22,27)(H,23,28)/t17-/m1/s1. The summed E-state index contributed by atoms with van der Waals surface area (Å²) in [7, 11) is 1.52. The van der Waals surface area contributed by atoms with Crippen molar-refractivity contribution in [3.63, 3.8) is 0 Å². The molecular formula is C21H31N5O5. The van der Waals surface area contributed by atoms with E-state index in [1.165, 1.54) is 7.11 Å². The number of nitrogens with one attached hydrogen (secondary N) is 1. The van der Waals surface area contributed by atoms with Crippen LogP contribution in [0.25, 0.3) is 11.0 Å². The van der Waals surface area contributed by atoms with E-state index in [-0.39, 0.29) is 0 Å². The molecule has 0 radical (unpaired) electrons. The Kier molecular flexibility index (Phi) is 6.71. The van der Waals surface area contributed by atoms with Crippen molar-refractivity contribution < 1.29 is 19.1 Å². The molecule has 2 aromatic rings. The van der Waals surface area contributed by atoms with Crippen LogP contribution < -0.4 is 21.5 Å². The van der Waals surface area contributed by atoms with Gasteiger partial charge in [0.2, 0.25) is 5.91 Å². The fraction of sp³-hybridized carbons (Fsp3) is 0.571. The monoisotopic (exact) mass is 433 g/mol. The van der Waals surface area contributed by atoms with Crippen LogP contribution in [-0.2, 0) is 16.1 Å². The summed E-state index contributed by atoms with van der Waals surface area (Å²) in [5.74, 6) is -0.173. The Morgan fingerprint density at radius 3 is 2.48 bits per heavy atom. The molecule has 1 aliphatic heterocycles. The Hall–Kier alpha value is -2.85. The van der Waals surface area contributed by atoms with Crippen molar-refractivity contribution in [1.82, 2.24) is 19.4 Å². The van der Waals surface area contributed by atoms with E-state index in [1.807, 2.05) is 0 Å². The predicted molar refractivity (Wildman–Crippen MR) is 116 cm³/mol. The topological polar surface area (TPSA) is 121 Å². The summed E-state index contributed by atoms with van der Waals surface area (Å²) in [4.78, 5) is 40.6. The number of benzene rings is 1. The molecule has 170 valence electrons. The van der Waals surface area contributed by atoms with Crippen molar-refractivity contribution in [3.05, 3.63) is 28.7 Å². The van der Waals surface area contributed by atoms with Gasteiger partial charge in [-0.25, -0.2) is 14.2 Å². The van der Waals surface area contributed by atoms with Crippen LogP contribution in [0.2, 0.25) is 0 Å². The zero-order valence-corrected chi connectivity index (χ0v) is 18.5. The largest absolute Gasteiger partial charge is 0.494 e. The number of methoxy groups -OCH3 is 1.